The molecule has 0 saturated heterocycles. The number of anilines is 1. The van der Waals surface area contributed by atoms with Crippen LogP contribution in [0.5, 0.6) is 0 Å². The van der Waals surface area contributed by atoms with Gasteiger partial charge in [-0.25, -0.2) is 4.39 Å². The summed E-state index contributed by atoms with van der Waals surface area (Å²) in [4.78, 5) is 14.4. The van der Waals surface area contributed by atoms with Gasteiger partial charge in [0.2, 0.25) is 0 Å². The van der Waals surface area contributed by atoms with Crippen molar-refractivity contribution in [3.8, 4) is 0 Å². The molecular weight excluding hydrogens is 243 g/mol. The number of para-hydroxylation sites is 1. The third-order valence-corrected chi connectivity index (χ3v) is 2.94. The first-order valence-electron chi connectivity index (χ1n) is 6.65. The molecule has 0 aliphatic carbocycles. The molecule has 0 aliphatic heterocycles. The van der Waals surface area contributed by atoms with E-state index in [2.05, 4.69) is 19.2 Å². The molecule has 0 heterocycles. The molecular formula is C15H23FN2O. The molecule has 106 valence electrons. The normalized spacial score (nSPS) is 10.9. The topological polar surface area (TPSA) is 32.3 Å². The van der Waals surface area contributed by atoms with Crippen molar-refractivity contribution in [2.75, 3.05) is 18.9 Å². The van der Waals surface area contributed by atoms with E-state index in [1.54, 1.807) is 24.1 Å². The maximum Gasteiger partial charge on any atom is 0.256 e. The molecule has 1 aromatic carbocycles. The Hall–Kier alpha value is -1.58. The Labute approximate surface area is 114 Å². The van der Waals surface area contributed by atoms with Gasteiger partial charge in [0.15, 0.2) is 0 Å². The van der Waals surface area contributed by atoms with E-state index >= 15 is 0 Å². The Balaban J connectivity index is 3.13. The van der Waals surface area contributed by atoms with E-state index in [4.69, 9.17) is 0 Å². The lowest BCUT2D eigenvalue weighted by atomic mass is 10.1. The van der Waals surface area contributed by atoms with E-state index in [0.717, 1.165) is 0 Å². The largest absolute Gasteiger partial charge is 0.385 e. The SMILES string of the molecule is CNc1c(F)cccc1C(=O)N(CC(C)C)C(C)C. The van der Waals surface area contributed by atoms with Crippen LogP contribution in [0, 0.1) is 11.7 Å². The summed E-state index contributed by atoms with van der Waals surface area (Å²) in [6.07, 6.45) is 0. The Morgan fingerprint density at radius 3 is 2.42 bits per heavy atom. The first kappa shape index (κ1) is 15.5. The highest BCUT2D eigenvalue weighted by atomic mass is 19.1. The van der Waals surface area contributed by atoms with E-state index in [1.165, 1.54) is 6.07 Å². The molecule has 0 aliphatic rings. The second-order valence-electron chi connectivity index (χ2n) is 5.36. The van der Waals surface area contributed by atoms with Crippen molar-refractivity contribution in [3.63, 3.8) is 0 Å². The molecule has 0 bridgehead atoms. The third-order valence-electron chi connectivity index (χ3n) is 2.94. The Morgan fingerprint density at radius 1 is 1.32 bits per heavy atom. The molecule has 0 saturated carbocycles. The van der Waals surface area contributed by atoms with Crippen molar-refractivity contribution in [2.45, 2.75) is 33.7 Å². The zero-order chi connectivity index (χ0) is 14.6. The highest BCUT2D eigenvalue weighted by Crippen LogP contribution is 2.22. The van der Waals surface area contributed by atoms with Gasteiger partial charge < -0.3 is 10.2 Å². The fourth-order valence-electron chi connectivity index (χ4n) is 2.03. The molecule has 0 unspecified atom stereocenters. The Kier molecular flexibility index (Phi) is 5.33. The van der Waals surface area contributed by atoms with Gasteiger partial charge in [0, 0.05) is 19.6 Å². The molecule has 19 heavy (non-hydrogen) atoms. The van der Waals surface area contributed by atoms with E-state index in [-0.39, 0.29) is 17.6 Å². The van der Waals surface area contributed by atoms with Gasteiger partial charge in [0.05, 0.1) is 11.3 Å². The predicted molar refractivity (Wildman–Crippen MR) is 77.0 cm³/mol. The van der Waals surface area contributed by atoms with Crippen molar-refractivity contribution in [1.82, 2.24) is 4.90 Å². The Bertz CT molecular complexity index is 444. The van der Waals surface area contributed by atoms with Gasteiger partial charge >= 0.3 is 0 Å². The Morgan fingerprint density at radius 2 is 1.95 bits per heavy atom. The monoisotopic (exact) mass is 266 g/mol. The summed E-state index contributed by atoms with van der Waals surface area (Å²) in [7, 11) is 1.62. The number of rotatable bonds is 5. The molecule has 1 amide bonds. The highest BCUT2D eigenvalue weighted by molar-refractivity contribution is 5.99. The van der Waals surface area contributed by atoms with Crippen LogP contribution >= 0.6 is 0 Å². The van der Waals surface area contributed by atoms with Crippen molar-refractivity contribution in [2.24, 2.45) is 5.92 Å². The minimum Gasteiger partial charge on any atom is -0.385 e. The van der Waals surface area contributed by atoms with Gasteiger partial charge in [0.1, 0.15) is 5.82 Å². The van der Waals surface area contributed by atoms with Crippen LogP contribution in [-0.2, 0) is 0 Å². The van der Waals surface area contributed by atoms with Crippen LogP contribution in [0.15, 0.2) is 18.2 Å². The standard InChI is InChI=1S/C15H23FN2O/c1-10(2)9-18(11(3)4)15(19)12-7-6-8-13(16)14(12)17-5/h6-8,10-11,17H,9H2,1-5H3. The molecule has 1 N–H and O–H groups in total. The van der Waals surface area contributed by atoms with Gasteiger partial charge in [-0.1, -0.05) is 19.9 Å². The average molecular weight is 266 g/mol. The van der Waals surface area contributed by atoms with Crippen LogP contribution in [0.1, 0.15) is 38.1 Å². The average Bonchev–Trinajstić information content (AvgIpc) is 2.34. The summed E-state index contributed by atoms with van der Waals surface area (Å²) in [6.45, 7) is 8.73. The second kappa shape index (κ2) is 6.55. The number of halogens is 1. The number of hydrogen-bond acceptors (Lipinski definition) is 2. The number of carbonyl (C=O) groups excluding carboxylic acids is 1. The summed E-state index contributed by atoms with van der Waals surface area (Å²) in [6, 6.07) is 4.66. The van der Waals surface area contributed by atoms with Gasteiger partial charge in [-0.2, -0.15) is 0 Å². The molecule has 1 aromatic rings. The molecule has 0 fully saturated rings. The van der Waals surface area contributed by atoms with Crippen molar-refractivity contribution in [3.05, 3.63) is 29.6 Å². The zero-order valence-electron chi connectivity index (χ0n) is 12.3. The minimum absolute atomic E-state index is 0.0860. The molecule has 0 spiro atoms. The molecule has 0 aromatic heterocycles. The van der Waals surface area contributed by atoms with Gasteiger partial charge in [0.25, 0.3) is 5.91 Å². The lowest BCUT2D eigenvalue weighted by Gasteiger charge is -2.29. The second-order valence-corrected chi connectivity index (χ2v) is 5.36. The number of carbonyl (C=O) groups is 1. The van der Waals surface area contributed by atoms with Crippen LogP contribution in [0.3, 0.4) is 0 Å². The summed E-state index contributed by atoms with van der Waals surface area (Å²) in [5.74, 6) is -0.160. The number of nitrogens with zero attached hydrogens (tertiary/aromatic N) is 1. The smallest absolute Gasteiger partial charge is 0.256 e. The molecule has 0 atom stereocenters. The number of benzene rings is 1. The summed E-state index contributed by atoms with van der Waals surface area (Å²) < 4.78 is 13.7. The summed E-state index contributed by atoms with van der Waals surface area (Å²) in [5, 5.41) is 2.77. The molecule has 0 radical (unpaired) electrons. The summed E-state index contributed by atoms with van der Waals surface area (Å²) in [5.41, 5.74) is 0.652. The molecule has 4 heteroatoms. The highest BCUT2D eigenvalue weighted by Gasteiger charge is 2.23. The van der Waals surface area contributed by atoms with Gasteiger partial charge in [-0.3, -0.25) is 4.79 Å². The van der Waals surface area contributed by atoms with E-state index in [0.29, 0.717) is 18.0 Å². The number of hydrogen-bond donors (Lipinski definition) is 1. The van der Waals surface area contributed by atoms with Crippen molar-refractivity contribution < 1.29 is 9.18 Å². The first-order chi connectivity index (χ1) is 8.88. The fourth-order valence-corrected chi connectivity index (χ4v) is 2.03. The number of nitrogens with one attached hydrogen (secondary N) is 1. The van der Waals surface area contributed by atoms with E-state index in [9.17, 15) is 9.18 Å². The van der Waals surface area contributed by atoms with Crippen molar-refractivity contribution >= 4 is 11.6 Å². The first-order valence-corrected chi connectivity index (χ1v) is 6.65. The maximum absolute atomic E-state index is 13.7. The van der Waals surface area contributed by atoms with Gasteiger partial charge in [-0.05, 0) is 31.9 Å². The lowest BCUT2D eigenvalue weighted by Crippen LogP contribution is -2.39. The van der Waals surface area contributed by atoms with Crippen LogP contribution in [0.25, 0.3) is 0 Å². The van der Waals surface area contributed by atoms with Crippen molar-refractivity contribution in [1.29, 1.82) is 0 Å². The van der Waals surface area contributed by atoms with E-state index < -0.39 is 5.82 Å². The van der Waals surface area contributed by atoms with Crippen LogP contribution in [-0.4, -0.2) is 30.4 Å². The van der Waals surface area contributed by atoms with E-state index in [1.807, 2.05) is 13.8 Å². The van der Waals surface area contributed by atoms with Crippen LogP contribution in [0.2, 0.25) is 0 Å². The molecule has 3 nitrogen and oxygen atoms in total. The zero-order valence-corrected chi connectivity index (χ0v) is 12.3. The maximum atomic E-state index is 13.7. The summed E-state index contributed by atoms with van der Waals surface area (Å²) >= 11 is 0. The third kappa shape index (κ3) is 3.69. The molecule has 1 rings (SSSR count). The fraction of sp³-hybridized carbons (Fsp3) is 0.533. The van der Waals surface area contributed by atoms with Gasteiger partial charge in [-0.15, -0.1) is 0 Å². The van der Waals surface area contributed by atoms with Crippen LogP contribution < -0.4 is 5.32 Å². The lowest BCUT2D eigenvalue weighted by molar-refractivity contribution is 0.0682. The predicted octanol–water partition coefficient (Wildman–Crippen LogP) is 3.37. The van der Waals surface area contributed by atoms with Crippen LogP contribution in [0.4, 0.5) is 10.1 Å². The number of amides is 1. The minimum atomic E-state index is -0.401. The quantitative estimate of drug-likeness (QED) is 0.886.